The van der Waals surface area contributed by atoms with Crippen molar-refractivity contribution in [2.45, 2.75) is 12.5 Å². The molecule has 5 rings (SSSR count). The van der Waals surface area contributed by atoms with Crippen molar-refractivity contribution in [1.29, 1.82) is 0 Å². The molecule has 6 heteroatoms. The van der Waals surface area contributed by atoms with E-state index in [-0.39, 0.29) is 6.04 Å². The summed E-state index contributed by atoms with van der Waals surface area (Å²) in [6.07, 6.45) is 6.45. The summed E-state index contributed by atoms with van der Waals surface area (Å²) in [5, 5.41) is 10.9. The zero-order valence-electron chi connectivity index (χ0n) is 15.8. The van der Waals surface area contributed by atoms with E-state index in [1.54, 1.807) is 6.20 Å². The third kappa shape index (κ3) is 3.58. The quantitative estimate of drug-likeness (QED) is 0.405. The van der Waals surface area contributed by atoms with Gasteiger partial charge in [0.05, 0.1) is 0 Å². The molecule has 1 atom stereocenters. The van der Waals surface area contributed by atoms with Crippen molar-refractivity contribution in [2.24, 2.45) is 5.73 Å². The van der Waals surface area contributed by atoms with Gasteiger partial charge in [-0.05, 0) is 35.6 Å². The fourth-order valence-electron chi connectivity index (χ4n) is 3.62. The van der Waals surface area contributed by atoms with Crippen LogP contribution in [-0.4, -0.2) is 27.7 Å². The van der Waals surface area contributed by atoms with Gasteiger partial charge in [-0.3, -0.25) is 4.98 Å². The first kappa shape index (κ1) is 17.5. The second kappa shape index (κ2) is 7.41. The first-order chi connectivity index (χ1) is 14.3. The third-order valence-electron chi connectivity index (χ3n) is 5.14. The molecule has 5 aromatic rings. The Morgan fingerprint density at radius 3 is 2.97 bits per heavy atom. The first-order valence-electron chi connectivity index (χ1n) is 9.61. The molecule has 29 heavy (non-hydrogen) atoms. The van der Waals surface area contributed by atoms with Gasteiger partial charge in [-0.1, -0.05) is 35.5 Å². The van der Waals surface area contributed by atoms with Crippen LogP contribution in [0.3, 0.4) is 0 Å². The minimum absolute atomic E-state index is 0.0454. The van der Waals surface area contributed by atoms with E-state index in [0.29, 0.717) is 12.4 Å². The molecule has 0 aliphatic rings. The highest BCUT2D eigenvalue weighted by Gasteiger charge is 2.11. The zero-order valence-corrected chi connectivity index (χ0v) is 15.8. The monoisotopic (exact) mass is 383 g/mol. The van der Waals surface area contributed by atoms with Gasteiger partial charge in [0.15, 0.2) is 0 Å². The molecule has 0 fully saturated rings. The molecular weight excluding hydrogens is 362 g/mol. The van der Waals surface area contributed by atoms with E-state index >= 15 is 0 Å². The number of hydrogen-bond acceptors (Lipinski definition) is 5. The highest BCUT2D eigenvalue weighted by atomic mass is 16.5. The van der Waals surface area contributed by atoms with Crippen LogP contribution in [0, 0.1) is 0 Å². The molecule has 3 aromatic heterocycles. The predicted molar refractivity (Wildman–Crippen MR) is 116 cm³/mol. The molecular formula is C23H21N5O. The lowest BCUT2D eigenvalue weighted by Gasteiger charge is -2.11. The predicted octanol–water partition coefficient (Wildman–Crippen LogP) is 4.35. The Labute approximate surface area is 167 Å². The molecule has 0 aliphatic carbocycles. The van der Waals surface area contributed by atoms with E-state index in [9.17, 15) is 0 Å². The number of fused-ring (bicyclic) bond motifs is 2. The first-order valence-corrected chi connectivity index (χ1v) is 9.61. The molecule has 0 spiro atoms. The summed E-state index contributed by atoms with van der Waals surface area (Å²) in [7, 11) is 0. The van der Waals surface area contributed by atoms with Gasteiger partial charge in [-0.2, -0.15) is 0 Å². The molecule has 0 saturated heterocycles. The van der Waals surface area contributed by atoms with Crippen LogP contribution in [0.4, 0.5) is 5.88 Å². The van der Waals surface area contributed by atoms with Crippen molar-refractivity contribution in [3.05, 3.63) is 78.8 Å². The van der Waals surface area contributed by atoms with Crippen LogP contribution >= 0.6 is 0 Å². The Balaban J connectivity index is 1.25. The maximum atomic E-state index is 6.34. The average Bonchev–Trinajstić information content (AvgIpc) is 3.40. The summed E-state index contributed by atoms with van der Waals surface area (Å²) in [6.45, 7) is 0.595. The van der Waals surface area contributed by atoms with E-state index in [4.69, 9.17) is 10.3 Å². The van der Waals surface area contributed by atoms with Crippen LogP contribution in [-0.2, 0) is 6.42 Å². The summed E-state index contributed by atoms with van der Waals surface area (Å²) in [5.74, 6) is 0.615. The fourth-order valence-corrected chi connectivity index (χ4v) is 3.62. The maximum absolute atomic E-state index is 6.34. The Morgan fingerprint density at radius 2 is 2.00 bits per heavy atom. The minimum Gasteiger partial charge on any atom is -0.361 e. The number of hydrogen-bond donors (Lipinski definition) is 3. The lowest BCUT2D eigenvalue weighted by molar-refractivity contribution is 0.433. The summed E-state index contributed by atoms with van der Waals surface area (Å²) in [4.78, 5) is 7.44. The second-order valence-electron chi connectivity index (χ2n) is 7.22. The van der Waals surface area contributed by atoms with Crippen LogP contribution in [0.1, 0.15) is 5.56 Å². The van der Waals surface area contributed by atoms with Crippen molar-refractivity contribution in [3.8, 4) is 11.3 Å². The van der Waals surface area contributed by atoms with Gasteiger partial charge in [0.25, 0.3) is 0 Å². The average molecular weight is 383 g/mol. The van der Waals surface area contributed by atoms with Crippen LogP contribution in [0.25, 0.3) is 32.9 Å². The van der Waals surface area contributed by atoms with Gasteiger partial charge in [0, 0.05) is 59.1 Å². The Bertz CT molecular complexity index is 1270. The highest BCUT2D eigenvalue weighted by molar-refractivity contribution is 5.86. The topological polar surface area (TPSA) is 92.8 Å². The molecule has 3 heterocycles. The Hall–Kier alpha value is -3.64. The van der Waals surface area contributed by atoms with Gasteiger partial charge in [0.2, 0.25) is 5.88 Å². The number of nitrogens with zero attached hydrogens (tertiary/aromatic N) is 2. The molecule has 144 valence electrons. The lowest BCUT2D eigenvalue weighted by atomic mass is 10.1. The van der Waals surface area contributed by atoms with E-state index in [1.165, 1.54) is 10.9 Å². The number of para-hydroxylation sites is 1. The number of nitrogens with one attached hydrogen (secondary N) is 2. The standard InChI is InChI=1S/C23H21N5O/c24-19(10-18-13-26-21-4-2-1-3-20(18)21)14-27-23-11-22(28-29-23)16-5-6-17-12-25-8-7-15(17)9-16/h1-9,11-13,19,26-27H,10,14,24H2. The van der Waals surface area contributed by atoms with Crippen LogP contribution in [0.2, 0.25) is 0 Å². The number of H-pyrrole nitrogens is 1. The molecule has 6 nitrogen and oxygen atoms in total. The van der Waals surface area contributed by atoms with E-state index in [1.807, 2.05) is 48.8 Å². The summed E-state index contributed by atoms with van der Waals surface area (Å²) < 4.78 is 5.45. The molecule has 0 amide bonds. The van der Waals surface area contributed by atoms with Crippen LogP contribution in [0.5, 0.6) is 0 Å². The third-order valence-corrected chi connectivity index (χ3v) is 5.14. The zero-order chi connectivity index (χ0) is 19.6. The van der Waals surface area contributed by atoms with Crippen molar-refractivity contribution in [1.82, 2.24) is 15.1 Å². The Morgan fingerprint density at radius 1 is 1.07 bits per heavy atom. The van der Waals surface area contributed by atoms with Gasteiger partial charge >= 0.3 is 0 Å². The molecule has 0 saturated carbocycles. The lowest BCUT2D eigenvalue weighted by Crippen LogP contribution is -2.31. The van der Waals surface area contributed by atoms with Crippen LogP contribution in [0.15, 0.2) is 77.7 Å². The normalized spacial score (nSPS) is 12.4. The minimum atomic E-state index is -0.0454. The van der Waals surface area contributed by atoms with Crippen molar-refractivity contribution >= 4 is 27.6 Å². The Kier molecular flexibility index (Phi) is 4.46. The van der Waals surface area contributed by atoms with Crippen LogP contribution < -0.4 is 11.1 Å². The number of aromatic nitrogens is 3. The smallest absolute Gasteiger partial charge is 0.225 e. The molecule has 4 N–H and O–H groups in total. The molecule has 0 radical (unpaired) electrons. The number of rotatable bonds is 6. The SMILES string of the molecule is NC(CNc1cc(-c2ccc3cnccc3c2)no1)Cc1c[nH]c2ccccc12. The molecule has 0 aliphatic heterocycles. The van der Waals surface area contributed by atoms with Crippen molar-refractivity contribution in [3.63, 3.8) is 0 Å². The van der Waals surface area contributed by atoms with Gasteiger partial charge < -0.3 is 20.6 Å². The van der Waals surface area contributed by atoms with Gasteiger partial charge in [-0.25, -0.2) is 0 Å². The molecule has 0 bridgehead atoms. The summed E-state index contributed by atoms with van der Waals surface area (Å²) in [6, 6.07) is 18.2. The highest BCUT2D eigenvalue weighted by Crippen LogP contribution is 2.25. The molecule has 2 aromatic carbocycles. The summed E-state index contributed by atoms with van der Waals surface area (Å²) >= 11 is 0. The number of benzene rings is 2. The summed E-state index contributed by atoms with van der Waals surface area (Å²) in [5.41, 5.74) is 10.5. The largest absolute Gasteiger partial charge is 0.361 e. The van der Waals surface area contributed by atoms with E-state index in [0.717, 1.165) is 34.0 Å². The van der Waals surface area contributed by atoms with Crippen molar-refractivity contribution in [2.75, 3.05) is 11.9 Å². The number of pyridine rings is 1. The molecule has 1 unspecified atom stereocenters. The fraction of sp³-hybridized carbons (Fsp3) is 0.130. The van der Waals surface area contributed by atoms with E-state index in [2.05, 4.69) is 38.6 Å². The van der Waals surface area contributed by atoms with Crippen molar-refractivity contribution < 1.29 is 4.52 Å². The van der Waals surface area contributed by atoms with Gasteiger partial charge in [0.1, 0.15) is 5.69 Å². The number of nitrogens with two attached hydrogens (primary N) is 1. The van der Waals surface area contributed by atoms with E-state index < -0.39 is 0 Å². The number of anilines is 1. The second-order valence-corrected chi connectivity index (χ2v) is 7.22. The number of aromatic amines is 1. The van der Waals surface area contributed by atoms with Gasteiger partial charge in [-0.15, -0.1) is 0 Å². The maximum Gasteiger partial charge on any atom is 0.225 e.